The van der Waals surface area contributed by atoms with E-state index in [4.69, 9.17) is 48.4 Å². The number of aliphatic carboxylic acids is 1. The highest BCUT2D eigenvalue weighted by Gasteiger charge is 2.80. The van der Waals surface area contributed by atoms with Crippen LogP contribution >= 0.6 is 0 Å². The van der Waals surface area contributed by atoms with Crippen LogP contribution in [0.4, 0.5) is 24.1 Å². The molecule has 4 saturated carbocycles. The maximum Gasteiger partial charge on any atom is 0.408 e. The molecule has 115 heavy (non-hydrogen) atoms. The average Bonchev–Trinajstić information content (AvgIpc) is 1.57. The monoisotopic (exact) mass is 1620 g/mol. The summed E-state index contributed by atoms with van der Waals surface area (Å²) in [7, 11) is 0. The van der Waals surface area contributed by atoms with Crippen molar-refractivity contribution in [3.05, 3.63) is 53.6 Å². The number of esters is 2. The second kappa shape index (κ2) is 43.5. The van der Waals surface area contributed by atoms with E-state index >= 15 is 8.78 Å². The van der Waals surface area contributed by atoms with E-state index in [1.54, 1.807) is 34.6 Å². The van der Waals surface area contributed by atoms with Crippen molar-refractivity contribution in [3.8, 4) is 11.8 Å². The molecule has 0 bridgehead atoms. The van der Waals surface area contributed by atoms with Crippen LogP contribution in [-0.2, 0) is 97.2 Å². The molecule has 18 atom stereocenters. The van der Waals surface area contributed by atoms with Gasteiger partial charge in [-0.3, -0.25) is 47.9 Å². The first kappa shape index (κ1) is 92.5. The lowest BCUT2D eigenvalue weighted by molar-refractivity contribution is -0.235. The van der Waals surface area contributed by atoms with Crippen LogP contribution < -0.4 is 27.0 Å². The third-order valence-corrected chi connectivity index (χ3v) is 24.0. The SMILES string of the molecule is CCCC1O[C@@H]2C[C@H]3[C@@H]4C[C@H](F)C5=CC(=O)C=C[C@]5(C)[C@@]4(F)[C@@H](O)C[C@]3(C)[C@]2(C(=O)COC(=O)[C@@H](CC(=O)[C@H](CO)NC(=O)OCc2ccc(NC(=O)[C@H](CCCNC(N)=O)CC(=O)[C@@H](NC(=O)[C@H](CCC(=O)O)CC(=O)CCOCCOCCOCCOCCCC(=O)OCC3[C@H]4CCC#CCC[C@@H]34)C(C)C)cc2)CC(C)C)O1. The Morgan fingerprint density at radius 2 is 1.39 bits per heavy atom. The second-order valence-electron chi connectivity index (χ2n) is 32.8. The lowest BCUT2D eigenvalue weighted by Gasteiger charge is -2.63. The van der Waals surface area contributed by atoms with E-state index in [0.717, 1.165) is 31.8 Å². The highest BCUT2D eigenvalue weighted by atomic mass is 19.1. The molecule has 29 nitrogen and oxygen atoms in total. The minimum atomic E-state index is -2.45. The van der Waals surface area contributed by atoms with Crippen molar-refractivity contribution in [2.75, 3.05) is 84.5 Å². The summed E-state index contributed by atoms with van der Waals surface area (Å²) in [6, 6.07) is 2.46. The van der Waals surface area contributed by atoms with Crippen LogP contribution in [0.1, 0.15) is 182 Å². The molecule has 0 radical (unpaired) electrons. The number of alkyl carbamates (subject to hydrolysis) is 1. The number of rotatable bonds is 50. The number of alkyl halides is 2. The first-order valence-electron chi connectivity index (χ1n) is 40.8. The number of hydrogen-bond donors (Lipinski definition) is 8. The first-order valence-corrected chi connectivity index (χ1v) is 40.8. The number of carbonyl (C=O) groups excluding carboxylic acids is 11. The summed E-state index contributed by atoms with van der Waals surface area (Å²) in [6.07, 6.45) is 0.553. The Labute approximate surface area is 671 Å². The Morgan fingerprint density at radius 1 is 0.748 bits per heavy atom. The molecule has 8 rings (SSSR count). The van der Waals surface area contributed by atoms with E-state index in [1.807, 2.05) is 6.92 Å². The zero-order chi connectivity index (χ0) is 83.8. The molecule has 638 valence electrons. The molecule has 2 unspecified atom stereocenters. The van der Waals surface area contributed by atoms with Gasteiger partial charge < -0.3 is 85.0 Å². The van der Waals surface area contributed by atoms with Crippen molar-refractivity contribution in [3.63, 3.8) is 0 Å². The summed E-state index contributed by atoms with van der Waals surface area (Å²) >= 11 is 0. The van der Waals surface area contributed by atoms with Gasteiger partial charge in [-0.2, -0.15) is 0 Å². The number of allylic oxidation sites excluding steroid dienone is 4. The number of benzene rings is 1. The Hall–Kier alpha value is -7.96. The van der Waals surface area contributed by atoms with Crippen LogP contribution in [0.15, 0.2) is 48.1 Å². The molecule has 1 heterocycles. The molecule has 0 aromatic heterocycles. The van der Waals surface area contributed by atoms with Crippen LogP contribution in [-0.4, -0.2) is 213 Å². The zero-order valence-corrected chi connectivity index (χ0v) is 67.4. The van der Waals surface area contributed by atoms with Crippen LogP contribution in [0.5, 0.6) is 0 Å². The Bertz CT molecular complexity index is 3680. The number of nitrogens with two attached hydrogens (primary N) is 1. The molecule has 7 aliphatic rings. The number of ketones is 5. The summed E-state index contributed by atoms with van der Waals surface area (Å²) < 4.78 is 86.3. The van der Waals surface area contributed by atoms with Gasteiger partial charge in [-0.05, 0) is 148 Å². The van der Waals surface area contributed by atoms with Crippen molar-refractivity contribution in [2.24, 2.45) is 75.7 Å². The van der Waals surface area contributed by atoms with Gasteiger partial charge in [0.15, 0.2) is 41.5 Å². The molecule has 1 aromatic carbocycles. The number of ether oxygens (including phenoxy) is 9. The number of nitrogens with one attached hydrogen (secondary N) is 4. The van der Waals surface area contributed by atoms with Gasteiger partial charge in [0.05, 0.1) is 83.6 Å². The molecule has 5 amide bonds. The minimum absolute atomic E-state index is 0.000909. The smallest absolute Gasteiger partial charge is 0.408 e. The molecule has 1 aliphatic heterocycles. The number of anilines is 1. The summed E-state index contributed by atoms with van der Waals surface area (Å²) in [5.41, 5.74) is -1.51. The zero-order valence-electron chi connectivity index (χ0n) is 67.4. The molecule has 9 N–H and O–H groups in total. The molecule has 6 aliphatic carbocycles. The van der Waals surface area contributed by atoms with Gasteiger partial charge >= 0.3 is 30.0 Å². The summed E-state index contributed by atoms with van der Waals surface area (Å²) in [4.78, 5) is 159. The van der Waals surface area contributed by atoms with Gasteiger partial charge in [0, 0.05) is 98.8 Å². The molecule has 1 aromatic rings. The Balaban J connectivity index is 0.755. The van der Waals surface area contributed by atoms with Gasteiger partial charge in [-0.25, -0.2) is 18.4 Å². The Kier molecular flexibility index (Phi) is 35.0. The lowest BCUT2D eigenvalue weighted by atomic mass is 9.44. The van der Waals surface area contributed by atoms with E-state index in [2.05, 4.69) is 33.1 Å². The van der Waals surface area contributed by atoms with Gasteiger partial charge in [0.25, 0.3) is 0 Å². The van der Waals surface area contributed by atoms with Crippen LogP contribution in [0.2, 0.25) is 0 Å². The number of amides is 5. The van der Waals surface area contributed by atoms with Gasteiger partial charge in [0.2, 0.25) is 17.6 Å². The van der Waals surface area contributed by atoms with Crippen molar-refractivity contribution in [1.29, 1.82) is 0 Å². The molecule has 0 spiro atoms. The molecule has 1 saturated heterocycles. The minimum Gasteiger partial charge on any atom is -0.481 e. The highest BCUT2D eigenvalue weighted by molar-refractivity contribution is 6.02. The summed E-state index contributed by atoms with van der Waals surface area (Å²) in [6.45, 7) is 12.4. The van der Waals surface area contributed by atoms with Crippen molar-refractivity contribution >= 4 is 76.5 Å². The molecular weight excluding hydrogens is 1500 g/mol. The fourth-order valence-electron chi connectivity index (χ4n) is 17.9. The lowest BCUT2D eigenvalue weighted by Crippen LogP contribution is -2.71. The number of halogens is 2. The predicted octanol–water partition coefficient (Wildman–Crippen LogP) is 7.98. The van der Waals surface area contributed by atoms with Crippen LogP contribution in [0.3, 0.4) is 0 Å². The fraction of sp³-hybridized carbons (Fsp3) is 0.714. The summed E-state index contributed by atoms with van der Waals surface area (Å²) in [5.74, 6) is -4.54. The number of hydrogen-bond acceptors (Lipinski definition) is 23. The maximum atomic E-state index is 18.1. The number of carboxylic acid groups (broad SMARTS) is 1. The maximum absolute atomic E-state index is 18.1. The van der Waals surface area contributed by atoms with E-state index in [1.165, 1.54) is 43.3 Å². The normalized spacial score (nSPS) is 27.5. The topological polar surface area (TPSA) is 423 Å². The molecule has 5 fully saturated rings. The van der Waals surface area contributed by atoms with Gasteiger partial charge in [-0.15, -0.1) is 11.8 Å². The van der Waals surface area contributed by atoms with Gasteiger partial charge in [-0.1, -0.05) is 66.2 Å². The average molecular weight is 1620 g/mol. The van der Waals surface area contributed by atoms with E-state index in [0.29, 0.717) is 82.0 Å². The molecule has 31 heteroatoms. The first-order chi connectivity index (χ1) is 54.8. The largest absolute Gasteiger partial charge is 0.481 e. The predicted molar refractivity (Wildman–Crippen MR) is 411 cm³/mol. The van der Waals surface area contributed by atoms with E-state index < -0.39 is 186 Å². The quantitative estimate of drug-likeness (QED) is 0.0133. The Morgan fingerprint density at radius 3 is 2.02 bits per heavy atom. The third kappa shape index (κ3) is 24.4. The second-order valence-corrected chi connectivity index (χ2v) is 32.8. The fourth-order valence-corrected chi connectivity index (χ4v) is 17.9. The number of carbonyl (C=O) groups is 12. The number of fused-ring (bicyclic) bond motifs is 8. The van der Waals surface area contributed by atoms with Crippen molar-refractivity contribution in [1.82, 2.24) is 16.0 Å². The van der Waals surface area contributed by atoms with Crippen LogP contribution in [0.25, 0.3) is 0 Å². The number of aliphatic hydroxyl groups is 2. The highest BCUT2D eigenvalue weighted by Crippen LogP contribution is 2.72. The third-order valence-electron chi connectivity index (χ3n) is 24.0. The standard InChI is InChI=1S/C84H119F2N5O24/c1-8-15-74-114-71-44-62-63-43-65(85)64-42-57(93)26-28-81(64,6)83(63,86)69(97)45-82(62,7)84(71,115-74)70(98)49-112-78(104)55(38-50(2)3)41-67(95)66(46-92)90-80(106)113-47-52-20-23-56(24-21-52)89-76(102)53(16-13-29-88-79(87)105)40-68(96)75(51(4)5)91-77(103)54(22-25-72(99)100)39-58(94)27-31-108-33-35-110-37-36-109-34-32-107-30-14-19-73(101)111-48-61-59-17-11-9-10-12-18-60(59)61/h20-21,23-24,26,28,42,50-51,53-55,59-63,65-66,69,71,74-75,92,97H,8,11-19,22,25,27,29-41,43-49H2,1-7H3,(H,89,102)(H,90,106)(H,91,103)(H,99,100)(H3,87,88,105)/t53-,54-,55-,59-,60+,61?,62+,63+,65+,66+,69+,71-,74?,75+,81+,82+,83+,84-/m1/s1. The van der Waals surface area contributed by atoms with Gasteiger partial charge in [0.1, 0.15) is 24.6 Å². The summed E-state index contributed by atoms with van der Waals surface area (Å²) in [5, 5.41) is 42.2. The van der Waals surface area contributed by atoms with E-state index in [-0.39, 0.29) is 126 Å². The number of carboxylic acids is 1. The van der Waals surface area contributed by atoms with Crippen molar-refractivity contribution < 1.29 is 124 Å². The van der Waals surface area contributed by atoms with E-state index in [9.17, 15) is 72.9 Å². The number of Topliss-reactive ketones (excluding diaryl/α,β-unsaturated/α-hetero) is 4. The van der Waals surface area contributed by atoms with Crippen molar-refractivity contribution in [2.45, 2.75) is 232 Å². The molecular formula is C84H119F2N5O24. The number of urea groups is 1. The van der Waals surface area contributed by atoms with Crippen LogP contribution in [0, 0.1) is 81.8 Å². The number of aliphatic hydroxyl groups excluding tert-OH is 2. The number of primary amides is 1.